The van der Waals surface area contributed by atoms with Crippen LogP contribution in [0.3, 0.4) is 0 Å². The third-order valence-corrected chi connectivity index (χ3v) is 2.87. The smallest absolute Gasteiger partial charge is 0.120 e. The molecule has 1 heteroatoms. The molecule has 2 rings (SSSR count). The number of aldehydes is 1. The maximum absolute atomic E-state index is 10.5. The van der Waals surface area contributed by atoms with Crippen LogP contribution in [-0.2, 0) is 11.2 Å². The summed E-state index contributed by atoms with van der Waals surface area (Å²) < 4.78 is 0. The van der Waals surface area contributed by atoms with Gasteiger partial charge in [-0.3, -0.25) is 0 Å². The Morgan fingerprint density at radius 1 is 1.38 bits per heavy atom. The van der Waals surface area contributed by atoms with Crippen LogP contribution in [0.1, 0.15) is 36.3 Å². The molecule has 0 spiro atoms. The molecule has 0 aromatic heterocycles. The topological polar surface area (TPSA) is 17.1 Å². The highest BCUT2D eigenvalue weighted by Gasteiger charge is 2.18. The largest absolute Gasteiger partial charge is 0.303 e. The minimum Gasteiger partial charge on any atom is -0.303 e. The van der Waals surface area contributed by atoms with Gasteiger partial charge in [-0.2, -0.15) is 0 Å². The molecule has 0 aliphatic heterocycles. The Bertz CT molecular complexity index is 304. The molecular weight excluding hydrogens is 160 g/mol. The highest BCUT2D eigenvalue weighted by molar-refractivity contribution is 5.52. The number of hydrogen-bond acceptors (Lipinski definition) is 1. The van der Waals surface area contributed by atoms with Crippen molar-refractivity contribution in [1.82, 2.24) is 0 Å². The molecule has 0 saturated heterocycles. The van der Waals surface area contributed by atoms with Gasteiger partial charge in [0.1, 0.15) is 6.29 Å². The molecule has 0 heterocycles. The minimum atomic E-state index is 0.488. The Morgan fingerprint density at radius 2 is 2.23 bits per heavy atom. The van der Waals surface area contributed by atoms with E-state index >= 15 is 0 Å². The van der Waals surface area contributed by atoms with Crippen molar-refractivity contribution >= 4 is 6.29 Å². The second kappa shape index (κ2) is 3.73. The van der Waals surface area contributed by atoms with E-state index < -0.39 is 0 Å². The van der Waals surface area contributed by atoms with Gasteiger partial charge >= 0.3 is 0 Å². The number of benzene rings is 1. The molecule has 0 N–H and O–H groups in total. The van der Waals surface area contributed by atoms with Crippen molar-refractivity contribution in [3.8, 4) is 0 Å². The first-order chi connectivity index (χ1) is 6.42. The second-order valence-corrected chi connectivity index (χ2v) is 3.69. The molecule has 1 atom stereocenters. The second-order valence-electron chi connectivity index (χ2n) is 3.69. The molecule has 1 aliphatic carbocycles. The van der Waals surface area contributed by atoms with E-state index in [2.05, 4.69) is 24.3 Å². The molecule has 1 aliphatic rings. The predicted octanol–water partition coefficient (Wildman–Crippen LogP) is 2.70. The van der Waals surface area contributed by atoms with Gasteiger partial charge < -0.3 is 4.79 Å². The summed E-state index contributed by atoms with van der Waals surface area (Å²) >= 11 is 0. The van der Waals surface area contributed by atoms with Gasteiger partial charge in [-0.15, -0.1) is 0 Å². The van der Waals surface area contributed by atoms with Crippen LogP contribution in [-0.4, -0.2) is 6.29 Å². The first-order valence-corrected chi connectivity index (χ1v) is 4.93. The summed E-state index contributed by atoms with van der Waals surface area (Å²) in [6, 6.07) is 8.51. The van der Waals surface area contributed by atoms with E-state index in [1.54, 1.807) is 0 Å². The van der Waals surface area contributed by atoms with Gasteiger partial charge in [-0.25, -0.2) is 0 Å². The van der Waals surface area contributed by atoms with Crippen molar-refractivity contribution in [3.63, 3.8) is 0 Å². The molecular formula is C12H14O. The summed E-state index contributed by atoms with van der Waals surface area (Å²) in [5.74, 6) is 0.488. The van der Waals surface area contributed by atoms with Crippen LogP contribution in [0.4, 0.5) is 0 Å². The zero-order valence-electron chi connectivity index (χ0n) is 7.70. The minimum absolute atomic E-state index is 0.488. The lowest BCUT2D eigenvalue weighted by Gasteiger charge is -2.23. The Kier molecular flexibility index (Phi) is 2.44. The van der Waals surface area contributed by atoms with E-state index in [1.165, 1.54) is 30.4 Å². The molecule has 0 bridgehead atoms. The van der Waals surface area contributed by atoms with Gasteiger partial charge in [0.05, 0.1) is 0 Å². The van der Waals surface area contributed by atoms with Crippen LogP contribution in [0.2, 0.25) is 0 Å². The van der Waals surface area contributed by atoms with Crippen LogP contribution in [0, 0.1) is 0 Å². The fourth-order valence-electron chi connectivity index (χ4n) is 2.22. The molecule has 1 aromatic carbocycles. The molecule has 1 aromatic rings. The number of carbonyl (C=O) groups excluding carboxylic acids is 1. The molecule has 0 amide bonds. The van der Waals surface area contributed by atoms with Gasteiger partial charge in [-0.1, -0.05) is 24.3 Å². The SMILES string of the molecule is O=CC[C@@H]1CCCc2ccccc21. The summed E-state index contributed by atoms with van der Waals surface area (Å²) in [6.07, 6.45) is 5.33. The predicted molar refractivity (Wildman–Crippen MR) is 52.8 cm³/mol. The normalized spacial score (nSPS) is 20.8. The monoisotopic (exact) mass is 174 g/mol. The number of rotatable bonds is 2. The van der Waals surface area contributed by atoms with Gasteiger partial charge in [-0.05, 0) is 36.3 Å². The van der Waals surface area contributed by atoms with E-state index in [1.807, 2.05) is 0 Å². The van der Waals surface area contributed by atoms with Crippen molar-refractivity contribution in [3.05, 3.63) is 35.4 Å². The number of fused-ring (bicyclic) bond motifs is 1. The van der Waals surface area contributed by atoms with Crippen LogP contribution in [0.15, 0.2) is 24.3 Å². The number of hydrogen-bond donors (Lipinski definition) is 0. The first kappa shape index (κ1) is 8.49. The van der Waals surface area contributed by atoms with E-state index in [4.69, 9.17) is 0 Å². The molecule has 1 nitrogen and oxygen atoms in total. The average Bonchev–Trinajstić information content (AvgIpc) is 2.19. The molecule has 68 valence electrons. The maximum Gasteiger partial charge on any atom is 0.120 e. The Balaban J connectivity index is 2.31. The third-order valence-electron chi connectivity index (χ3n) is 2.87. The van der Waals surface area contributed by atoms with E-state index in [-0.39, 0.29) is 0 Å². The lowest BCUT2D eigenvalue weighted by molar-refractivity contribution is -0.108. The standard InChI is InChI=1S/C12H14O/c13-9-8-11-6-3-5-10-4-1-2-7-12(10)11/h1-2,4,7,9,11H,3,5-6,8H2/t11-/m0/s1. The summed E-state index contributed by atoms with van der Waals surface area (Å²) in [5, 5.41) is 0. The van der Waals surface area contributed by atoms with Gasteiger partial charge in [0, 0.05) is 6.42 Å². The fraction of sp³-hybridized carbons (Fsp3) is 0.417. The van der Waals surface area contributed by atoms with Gasteiger partial charge in [0.15, 0.2) is 0 Å². The van der Waals surface area contributed by atoms with Crippen molar-refractivity contribution in [2.45, 2.75) is 31.6 Å². The summed E-state index contributed by atoms with van der Waals surface area (Å²) in [4.78, 5) is 10.5. The lowest BCUT2D eigenvalue weighted by atomic mass is 9.81. The highest BCUT2D eigenvalue weighted by atomic mass is 16.1. The van der Waals surface area contributed by atoms with Crippen molar-refractivity contribution < 1.29 is 4.79 Å². The number of aryl methyl sites for hydroxylation is 1. The summed E-state index contributed by atoms with van der Waals surface area (Å²) in [7, 11) is 0. The van der Waals surface area contributed by atoms with E-state index in [0.29, 0.717) is 12.3 Å². The zero-order valence-corrected chi connectivity index (χ0v) is 7.70. The number of carbonyl (C=O) groups is 1. The van der Waals surface area contributed by atoms with E-state index in [0.717, 1.165) is 6.29 Å². The Labute approximate surface area is 78.8 Å². The highest BCUT2D eigenvalue weighted by Crippen LogP contribution is 2.32. The van der Waals surface area contributed by atoms with Crippen molar-refractivity contribution in [2.75, 3.05) is 0 Å². The Morgan fingerprint density at radius 3 is 3.08 bits per heavy atom. The van der Waals surface area contributed by atoms with Crippen LogP contribution in [0.25, 0.3) is 0 Å². The zero-order chi connectivity index (χ0) is 9.10. The van der Waals surface area contributed by atoms with Crippen LogP contribution >= 0.6 is 0 Å². The molecule has 13 heavy (non-hydrogen) atoms. The lowest BCUT2D eigenvalue weighted by Crippen LogP contribution is -2.09. The molecule has 0 fully saturated rings. The molecule has 0 radical (unpaired) electrons. The van der Waals surface area contributed by atoms with Gasteiger partial charge in [0.25, 0.3) is 0 Å². The first-order valence-electron chi connectivity index (χ1n) is 4.93. The fourth-order valence-corrected chi connectivity index (χ4v) is 2.22. The molecule has 0 unspecified atom stereocenters. The quantitative estimate of drug-likeness (QED) is 0.630. The molecule has 0 saturated carbocycles. The van der Waals surface area contributed by atoms with E-state index in [9.17, 15) is 4.79 Å². The van der Waals surface area contributed by atoms with Crippen molar-refractivity contribution in [1.29, 1.82) is 0 Å². The van der Waals surface area contributed by atoms with Gasteiger partial charge in [0.2, 0.25) is 0 Å². The average molecular weight is 174 g/mol. The maximum atomic E-state index is 10.5. The third kappa shape index (κ3) is 1.64. The van der Waals surface area contributed by atoms with Crippen LogP contribution < -0.4 is 0 Å². The Hall–Kier alpha value is -1.11. The summed E-state index contributed by atoms with van der Waals surface area (Å²) in [5.41, 5.74) is 2.85. The van der Waals surface area contributed by atoms with Crippen molar-refractivity contribution in [2.24, 2.45) is 0 Å². The van der Waals surface area contributed by atoms with Crippen LogP contribution in [0.5, 0.6) is 0 Å². The summed E-state index contributed by atoms with van der Waals surface area (Å²) in [6.45, 7) is 0.